The number of aryl methyl sites for hydroxylation is 1. The summed E-state index contributed by atoms with van der Waals surface area (Å²) in [6, 6.07) is 8.44. The van der Waals surface area contributed by atoms with E-state index >= 15 is 0 Å². The molecule has 0 atom stereocenters. The Bertz CT molecular complexity index is 772. The number of halogens is 1. The first-order chi connectivity index (χ1) is 10.9. The van der Waals surface area contributed by atoms with E-state index in [-0.39, 0.29) is 12.4 Å². The van der Waals surface area contributed by atoms with Crippen LogP contribution in [0.1, 0.15) is 10.5 Å². The number of nitrogens with zero attached hydrogens (tertiary/aromatic N) is 1. The molecule has 1 aromatic heterocycles. The summed E-state index contributed by atoms with van der Waals surface area (Å²) in [6.07, 6.45) is 1.67. The standard InChI is InChI=1S/C14H16FN3O4S/c1-18-8-2-3-13(18)14(19)16-17-23(20,21)10-9-22-12-6-4-11(15)5-7-12/h2-8,17H,9-10H2,1H3,(H,16,19). The Balaban J connectivity index is 1.79. The van der Waals surface area contributed by atoms with E-state index in [2.05, 4.69) is 5.43 Å². The second kappa shape index (κ2) is 7.25. The summed E-state index contributed by atoms with van der Waals surface area (Å²) in [7, 11) is -2.08. The smallest absolute Gasteiger partial charge is 0.282 e. The minimum absolute atomic E-state index is 0.138. The van der Waals surface area contributed by atoms with Gasteiger partial charge in [0.05, 0.1) is 5.75 Å². The molecule has 2 aromatic rings. The van der Waals surface area contributed by atoms with Gasteiger partial charge < -0.3 is 9.30 Å². The molecule has 2 rings (SSSR count). The largest absolute Gasteiger partial charge is 0.492 e. The predicted octanol–water partition coefficient (Wildman–Crippen LogP) is 0.807. The maximum absolute atomic E-state index is 12.7. The quantitative estimate of drug-likeness (QED) is 0.729. The first-order valence-corrected chi connectivity index (χ1v) is 8.32. The Morgan fingerprint density at radius 3 is 2.57 bits per heavy atom. The molecule has 0 aliphatic heterocycles. The van der Waals surface area contributed by atoms with Crippen molar-refractivity contribution in [1.82, 2.24) is 14.8 Å². The molecule has 7 nitrogen and oxygen atoms in total. The Kier molecular flexibility index (Phi) is 5.35. The Hall–Kier alpha value is -2.39. The van der Waals surface area contributed by atoms with Crippen LogP contribution in [0.5, 0.6) is 5.75 Å². The van der Waals surface area contributed by atoms with E-state index in [1.807, 2.05) is 4.83 Å². The molecular formula is C14H16FN3O4S. The molecule has 0 fully saturated rings. The van der Waals surface area contributed by atoms with Gasteiger partial charge in [-0.15, -0.1) is 4.83 Å². The number of amides is 1. The number of aromatic nitrogens is 1. The average Bonchev–Trinajstić information content (AvgIpc) is 2.93. The van der Waals surface area contributed by atoms with Crippen molar-refractivity contribution in [3.63, 3.8) is 0 Å². The molecule has 0 saturated carbocycles. The summed E-state index contributed by atoms with van der Waals surface area (Å²) in [5.74, 6) is -0.984. The zero-order valence-corrected chi connectivity index (χ0v) is 13.1. The highest BCUT2D eigenvalue weighted by molar-refractivity contribution is 7.89. The van der Waals surface area contributed by atoms with E-state index in [0.29, 0.717) is 11.4 Å². The fraction of sp³-hybridized carbons (Fsp3) is 0.214. The molecule has 23 heavy (non-hydrogen) atoms. The lowest BCUT2D eigenvalue weighted by Gasteiger charge is -2.10. The van der Waals surface area contributed by atoms with Gasteiger partial charge in [0, 0.05) is 13.2 Å². The number of nitrogens with one attached hydrogen (secondary N) is 2. The van der Waals surface area contributed by atoms with E-state index in [0.717, 1.165) is 0 Å². The summed E-state index contributed by atoms with van der Waals surface area (Å²) in [5.41, 5.74) is 2.43. The van der Waals surface area contributed by atoms with E-state index in [1.54, 1.807) is 29.9 Å². The molecule has 1 heterocycles. The summed E-state index contributed by atoms with van der Waals surface area (Å²) >= 11 is 0. The van der Waals surface area contributed by atoms with E-state index in [1.165, 1.54) is 24.3 Å². The van der Waals surface area contributed by atoms with Crippen LogP contribution in [0.4, 0.5) is 4.39 Å². The molecule has 0 aliphatic carbocycles. The Morgan fingerprint density at radius 1 is 1.26 bits per heavy atom. The molecule has 0 radical (unpaired) electrons. The topological polar surface area (TPSA) is 89.4 Å². The third-order valence-electron chi connectivity index (χ3n) is 2.93. The number of benzene rings is 1. The molecule has 0 spiro atoms. The number of ether oxygens (including phenoxy) is 1. The van der Waals surface area contributed by atoms with Crippen LogP contribution < -0.4 is 15.0 Å². The fourth-order valence-electron chi connectivity index (χ4n) is 1.74. The van der Waals surface area contributed by atoms with E-state index in [4.69, 9.17) is 4.74 Å². The summed E-state index contributed by atoms with van der Waals surface area (Å²) in [6.45, 7) is -0.138. The fourth-order valence-corrected chi connectivity index (χ4v) is 2.39. The van der Waals surface area contributed by atoms with Crippen molar-refractivity contribution in [3.05, 3.63) is 54.1 Å². The van der Waals surface area contributed by atoms with E-state index < -0.39 is 21.7 Å². The maximum atomic E-state index is 12.7. The molecule has 1 amide bonds. The van der Waals surface area contributed by atoms with Crippen molar-refractivity contribution < 1.29 is 22.3 Å². The minimum Gasteiger partial charge on any atom is -0.492 e. The third kappa shape index (κ3) is 5.08. The van der Waals surface area contributed by atoms with Crippen LogP contribution in [0.2, 0.25) is 0 Å². The second-order valence-electron chi connectivity index (χ2n) is 4.68. The lowest BCUT2D eigenvalue weighted by Crippen LogP contribution is -2.44. The maximum Gasteiger partial charge on any atom is 0.282 e. The second-order valence-corrected chi connectivity index (χ2v) is 6.52. The van der Waals surface area contributed by atoms with Crippen molar-refractivity contribution in [3.8, 4) is 5.75 Å². The summed E-state index contributed by atoms with van der Waals surface area (Å²) in [5, 5.41) is 0. The van der Waals surface area contributed by atoms with Crippen LogP contribution in [0, 0.1) is 5.82 Å². The Morgan fingerprint density at radius 2 is 1.96 bits per heavy atom. The van der Waals surface area contributed by atoms with Gasteiger partial charge in [0.25, 0.3) is 5.91 Å². The monoisotopic (exact) mass is 341 g/mol. The molecule has 0 bridgehead atoms. The van der Waals surface area contributed by atoms with Crippen molar-refractivity contribution in [1.29, 1.82) is 0 Å². The lowest BCUT2D eigenvalue weighted by atomic mass is 10.3. The first-order valence-electron chi connectivity index (χ1n) is 6.67. The highest BCUT2D eigenvalue weighted by atomic mass is 32.2. The highest BCUT2D eigenvalue weighted by Crippen LogP contribution is 2.10. The normalized spacial score (nSPS) is 11.2. The van der Waals surface area contributed by atoms with Gasteiger partial charge in [-0.2, -0.15) is 0 Å². The van der Waals surface area contributed by atoms with Crippen molar-refractivity contribution in [2.45, 2.75) is 0 Å². The zero-order valence-electron chi connectivity index (χ0n) is 12.3. The van der Waals surface area contributed by atoms with Gasteiger partial charge in [-0.1, -0.05) is 0 Å². The van der Waals surface area contributed by atoms with Crippen LogP contribution in [0.15, 0.2) is 42.6 Å². The third-order valence-corrected chi connectivity index (χ3v) is 4.05. The number of hydrogen-bond acceptors (Lipinski definition) is 4. The molecule has 9 heteroatoms. The number of sulfonamides is 1. The van der Waals surface area contributed by atoms with Gasteiger partial charge in [0.1, 0.15) is 23.9 Å². The van der Waals surface area contributed by atoms with Crippen molar-refractivity contribution in [2.75, 3.05) is 12.4 Å². The van der Waals surface area contributed by atoms with Crippen LogP contribution in [-0.2, 0) is 17.1 Å². The van der Waals surface area contributed by atoms with Gasteiger partial charge in [-0.25, -0.2) is 12.8 Å². The van der Waals surface area contributed by atoms with Crippen LogP contribution >= 0.6 is 0 Å². The molecular weight excluding hydrogens is 325 g/mol. The molecule has 0 saturated heterocycles. The van der Waals surface area contributed by atoms with Crippen LogP contribution in [-0.4, -0.2) is 31.3 Å². The van der Waals surface area contributed by atoms with Gasteiger partial charge in [-0.05, 0) is 36.4 Å². The van der Waals surface area contributed by atoms with Crippen LogP contribution in [0.3, 0.4) is 0 Å². The summed E-state index contributed by atoms with van der Waals surface area (Å²) in [4.78, 5) is 13.8. The van der Waals surface area contributed by atoms with Gasteiger partial charge >= 0.3 is 0 Å². The number of carbonyl (C=O) groups is 1. The lowest BCUT2D eigenvalue weighted by molar-refractivity contribution is 0.0937. The SMILES string of the molecule is Cn1cccc1C(=O)NNS(=O)(=O)CCOc1ccc(F)cc1. The molecule has 124 valence electrons. The number of carbonyl (C=O) groups excluding carboxylic acids is 1. The number of hydrazine groups is 1. The number of hydrogen-bond donors (Lipinski definition) is 2. The minimum atomic E-state index is -3.75. The molecule has 1 aromatic carbocycles. The average molecular weight is 341 g/mol. The molecule has 0 unspecified atom stereocenters. The van der Waals surface area contributed by atoms with Gasteiger partial charge in [0.15, 0.2) is 0 Å². The first kappa shape index (κ1) is 17.0. The summed E-state index contributed by atoms with van der Waals surface area (Å²) < 4.78 is 43.0. The molecule has 0 aliphatic rings. The highest BCUT2D eigenvalue weighted by Gasteiger charge is 2.14. The van der Waals surface area contributed by atoms with Gasteiger partial charge in [0.2, 0.25) is 10.0 Å². The van der Waals surface area contributed by atoms with Crippen LogP contribution in [0.25, 0.3) is 0 Å². The zero-order chi connectivity index (χ0) is 16.9. The number of rotatable bonds is 7. The molecule has 2 N–H and O–H groups in total. The van der Waals surface area contributed by atoms with E-state index in [9.17, 15) is 17.6 Å². The van der Waals surface area contributed by atoms with Crippen molar-refractivity contribution in [2.24, 2.45) is 7.05 Å². The van der Waals surface area contributed by atoms with Crippen molar-refractivity contribution >= 4 is 15.9 Å². The Labute approximate surface area is 133 Å². The predicted molar refractivity (Wildman–Crippen MR) is 81.7 cm³/mol. The van der Waals surface area contributed by atoms with Gasteiger partial charge in [-0.3, -0.25) is 10.2 Å².